The molecule has 0 saturated heterocycles. The van der Waals surface area contributed by atoms with Gasteiger partial charge >= 0.3 is 12.1 Å². The van der Waals surface area contributed by atoms with Gasteiger partial charge in [0.2, 0.25) is 0 Å². The Balaban J connectivity index is 1.97. The summed E-state index contributed by atoms with van der Waals surface area (Å²) in [6.45, 7) is 2.81. The van der Waals surface area contributed by atoms with E-state index in [1.54, 1.807) is 0 Å². The third-order valence-electron chi connectivity index (χ3n) is 5.44. The van der Waals surface area contributed by atoms with Crippen LogP contribution in [0, 0.1) is 12.7 Å². The van der Waals surface area contributed by atoms with Gasteiger partial charge in [0.05, 0.1) is 28.9 Å². The van der Waals surface area contributed by atoms with Gasteiger partial charge in [-0.15, -0.1) is 0 Å². The number of carboxylic acid groups (broad SMARTS) is 1. The van der Waals surface area contributed by atoms with Gasteiger partial charge in [0.15, 0.2) is 11.1 Å². The van der Waals surface area contributed by atoms with Crippen LogP contribution < -0.4 is 10.7 Å². The third kappa shape index (κ3) is 4.74. The average molecular weight is 522 g/mol. The number of nitrogens with one attached hydrogen (secondary N) is 1. The molecule has 0 aliphatic rings. The number of hydrogen-bond acceptors (Lipinski definition) is 6. The molecule has 36 heavy (non-hydrogen) atoms. The summed E-state index contributed by atoms with van der Waals surface area (Å²) in [7, 11) is 0. The number of aromatic carboxylic acids is 1. The average Bonchev–Trinajstić information content (AvgIpc) is 2.81. The molecule has 3 heterocycles. The quantitative estimate of drug-likeness (QED) is 0.236. The first-order valence-corrected chi connectivity index (χ1v) is 10.7. The molecule has 12 heteroatoms. The summed E-state index contributed by atoms with van der Waals surface area (Å²) >= 11 is 5.77. The molecular weight excluding hydrogens is 506 g/mol. The number of anilines is 1. The lowest BCUT2D eigenvalue weighted by molar-refractivity contribution is -0.137. The van der Waals surface area contributed by atoms with E-state index in [9.17, 15) is 32.3 Å². The lowest BCUT2D eigenvalue weighted by atomic mass is 9.98. The highest BCUT2D eigenvalue weighted by Crippen LogP contribution is 2.37. The standard InChI is InChI=1S/C24H16ClF4N3O4/c1-10-20(33)16-7-13(24(27,28)29)6-15(22(16)36-21(10)12-5-14(26)9-30-8-12)11(2)31-17-3-4-18(25)32-19(17)23(34)35/h3-9,11,31H,1-2H3,(H,34,35). The maximum absolute atomic E-state index is 13.8. The molecule has 0 spiro atoms. The van der Waals surface area contributed by atoms with E-state index in [1.807, 2.05) is 0 Å². The van der Waals surface area contributed by atoms with Gasteiger partial charge in [0.1, 0.15) is 22.3 Å². The zero-order valence-electron chi connectivity index (χ0n) is 18.6. The zero-order valence-corrected chi connectivity index (χ0v) is 19.3. The Hall–Kier alpha value is -3.99. The summed E-state index contributed by atoms with van der Waals surface area (Å²) in [6, 6.07) is 4.19. The smallest absolute Gasteiger partial charge is 0.416 e. The lowest BCUT2D eigenvalue weighted by Crippen LogP contribution is -2.16. The first kappa shape index (κ1) is 25.1. The van der Waals surface area contributed by atoms with E-state index < -0.39 is 40.7 Å². The van der Waals surface area contributed by atoms with Gasteiger partial charge in [-0.1, -0.05) is 11.6 Å². The topological polar surface area (TPSA) is 105 Å². The Morgan fingerprint density at radius 3 is 2.56 bits per heavy atom. The van der Waals surface area contributed by atoms with Crippen molar-refractivity contribution in [3.63, 3.8) is 0 Å². The predicted octanol–water partition coefficient (Wildman–Crippen LogP) is 6.24. The first-order valence-electron chi connectivity index (χ1n) is 10.3. The molecule has 4 rings (SSSR count). The minimum atomic E-state index is -4.79. The van der Waals surface area contributed by atoms with E-state index in [1.165, 1.54) is 32.2 Å². The fourth-order valence-corrected chi connectivity index (χ4v) is 3.89. The molecule has 2 N–H and O–H groups in total. The number of alkyl halides is 3. The summed E-state index contributed by atoms with van der Waals surface area (Å²) in [5.41, 5.74) is -2.49. The third-order valence-corrected chi connectivity index (χ3v) is 5.65. The maximum atomic E-state index is 13.8. The van der Waals surface area contributed by atoms with E-state index in [4.69, 9.17) is 16.0 Å². The molecule has 0 aliphatic carbocycles. The summed E-state index contributed by atoms with van der Waals surface area (Å²) in [6.07, 6.45) is -2.59. The fraction of sp³-hybridized carbons (Fsp3) is 0.167. The van der Waals surface area contributed by atoms with Crippen molar-refractivity contribution in [2.45, 2.75) is 26.1 Å². The minimum Gasteiger partial charge on any atom is -0.476 e. The predicted molar refractivity (Wildman–Crippen MR) is 124 cm³/mol. The molecule has 0 aliphatic heterocycles. The van der Waals surface area contributed by atoms with Gasteiger partial charge in [-0.05, 0) is 44.2 Å². The highest BCUT2D eigenvalue weighted by atomic mass is 35.5. The molecule has 0 radical (unpaired) electrons. The monoisotopic (exact) mass is 521 g/mol. The fourth-order valence-electron chi connectivity index (χ4n) is 3.74. The van der Waals surface area contributed by atoms with E-state index in [0.717, 1.165) is 18.3 Å². The number of fused-ring (bicyclic) bond motifs is 1. The summed E-state index contributed by atoms with van der Waals surface area (Å²) in [4.78, 5) is 32.2. The van der Waals surface area contributed by atoms with Crippen LogP contribution in [0.15, 0.2) is 51.9 Å². The normalized spacial score (nSPS) is 12.5. The Kier molecular flexibility index (Phi) is 6.44. The molecule has 3 aromatic heterocycles. The molecule has 4 aromatic rings. The molecule has 0 bridgehead atoms. The van der Waals surface area contributed by atoms with E-state index in [0.29, 0.717) is 6.07 Å². The molecule has 0 saturated carbocycles. The Morgan fingerprint density at radius 2 is 1.92 bits per heavy atom. The summed E-state index contributed by atoms with van der Waals surface area (Å²) in [5.74, 6) is -2.18. The van der Waals surface area contributed by atoms with Crippen molar-refractivity contribution in [2.75, 3.05) is 5.32 Å². The second-order valence-electron chi connectivity index (χ2n) is 7.92. The van der Waals surface area contributed by atoms with Crippen LogP contribution in [0.25, 0.3) is 22.3 Å². The second kappa shape index (κ2) is 9.23. The highest BCUT2D eigenvalue weighted by molar-refractivity contribution is 6.29. The highest BCUT2D eigenvalue weighted by Gasteiger charge is 2.33. The number of nitrogens with zero attached hydrogens (tertiary/aromatic N) is 2. The molecule has 186 valence electrons. The zero-order chi connectivity index (χ0) is 26.4. The number of rotatable bonds is 5. The molecule has 1 atom stereocenters. The van der Waals surface area contributed by atoms with Crippen LogP contribution in [-0.2, 0) is 6.18 Å². The number of aromatic nitrogens is 2. The van der Waals surface area contributed by atoms with Crippen LogP contribution in [0.3, 0.4) is 0 Å². The Bertz CT molecular complexity index is 1570. The number of pyridine rings is 2. The largest absolute Gasteiger partial charge is 0.476 e. The van der Waals surface area contributed by atoms with Gasteiger partial charge < -0.3 is 14.8 Å². The number of hydrogen-bond donors (Lipinski definition) is 2. The number of halogens is 5. The SMILES string of the molecule is Cc1c(-c2cncc(F)c2)oc2c(C(C)Nc3ccc(Cl)nc3C(=O)O)cc(C(F)(F)F)cc2c1=O. The van der Waals surface area contributed by atoms with Crippen molar-refractivity contribution in [1.29, 1.82) is 0 Å². The first-order chi connectivity index (χ1) is 16.9. The van der Waals surface area contributed by atoms with E-state index >= 15 is 0 Å². The maximum Gasteiger partial charge on any atom is 0.416 e. The van der Waals surface area contributed by atoms with Crippen molar-refractivity contribution in [3.05, 3.63) is 86.3 Å². The molecular formula is C24H16ClF4N3O4. The minimum absolute atomic E-state index is 0.0195. The molecule has 0 amide bonds. The van der Waals surface area contributed by atoms with E-state index in [2.05, 4.69) is 15.3 Å². The van der Waals surface area contributed by atoms with Gasteiger partial charge in [-0.25, -0.2) is 14.2 Å². The molecule has 7 nitrogen and oxygen atoms in total. The lowest BCUT2D eigenvalue weighted by Gasteiger charge is -2.20. The van der Waals surface area contributed by atoms with Crippen molar-refractivity contribution < 1.29 is 31.9 Å². The Morgan fingerprint density at radius 1 is 1.19 bits per heavy atom. The summed E-state index contributed by atoms with van der Waals surface area (Å²) in [5, 5.41) is 11.8. The van der Waals surface area contributed by atoms with Gasteiger partial charge in [0.25, 0.3) is 0 Å². The van der Waals surface area contributed by atoms with Crippen molar-refractivity contribution in [1.82, 2.24) is 9.97 Å². The summed E-state index contributed by atoms with van der Waals surface area (Å²) < 4.78 is 60.8. The molecule has 1 aromatic carbocycles. The van der Waals surface area contributed by atoms with Crippen LogP contribution in [0.1, 0.15) is 40.1 Å². The van der Waals surface area contributed by atoms with Gasteiger partial charge in [-0.2, -0.15) is 13.2 Å². The number of benzene rings is 1. The van der Waals surface area contributed by atoms with Crippen LogP contribution in [-0.4, -0.2) is 21.0 Å². The van der Waals surface area contributed by atoms with Crippen molar-refractivity contribution in [2.24, 2.45) is 0 Å². The Labute approximate surface area is 205 Å². The van der Waals surface area contributed by atoms with E-state index in [-0.39, 0.29) is 44.3 Å². The number of carbonyl (C=O) groups is 1. The van der Waals surface area contributed by atoms with Crippen molar-refractivity contribution in [3.8, 4) is 11.3 Å². The number of carboxylic acids is 1. The van der Waals surface area contributed by atoms with Gasteiger partial charge in [0, 0.05) is 22.9 Å². The van der Waals surface area contributed by atoms with Crippen LogP contribution in [0.4, 0.5) is 23.2 Å². The molecule has 1 unspecified atom stereocenters. The van der Waals surface area contributed by atoms with Crippen LogP contribution in [0.5, 0.6) is 0 Å². The van der Waals surface area contributed by atoms with Crippen LogP contribution in [0.2, 0.25) is 5.15 Å². The second-order valence-corrected chi connectivity index (χ2v) is 8.31. The van der Waals surface area contributed by atoms with Crippen molar-refractivity contribution >= 4 is 34.2 Å². The molecule has 0 fully saturated rings. The van der Waals surface area contributed by atoms with Crippen LogP contribution >= 0.6 is 11.6 Å². The van der Waals surface area contributed by atoms with Gasteiger partial charge in [-0.3, -0.25) is 9.78 Å².